The first-order chi connectivity index (χ1) is 8.65. The lowest BCUT2D eigenvalue weighted by Gasteiger charge is -2.04. The molecule has 0 aliphatic heterocycles. The molecule has 2 heterocycles. The van der Waals surface area contributed by atoms with Crippen LogP contribution in [0.2, 0.25) is 10.3 Å². The molecular weight excluding hydrogens is 275 g/mol. The zero-order chi connectivity index (χ0) is 13.0. The molecule has 0 radical (unpaired) electrons. The van der Waals surface area contributed by atoms with Crippen LogP contribution in [-0.4, -0.2) is 20.9 Å². The van der Waals surface area contributed by atoms with Gasteiger partial charge in [0.15, 0.2) is 0 Å². The van der Waals surface area contributed by atoms with Gasteiger partial charge in [0.25, 0.3) is 5.91 Å². The number of nitrogens with one attached hydrogen (secondary N) is 1. The van der Waals surface area contributed by atoms with Crippen LogP contribution in [-0.2, 0) is 6.54 Å². The van der Waals surface area contributed by atoms with Crippen molar-refractivity contribution in [3.8, 4) is 0 Å². The maximum atomic E-state index is 11.8. The number of pyridine rings is 1. The van der Waals surface area contributed by atoms with E-state index in [1.54, 1.807) is 18.5 Å². The third kappa shape index (κ3) is 3.38. The van der Waals surface area contributed by atoms with Crippen LogP contribution >= 0.6 is 23.2 Å². The van der Waals surface area contributed by atoms with Gasteiger partial charge >= 0.3 is 0 Å². The number of rotatable bonds is 3. The highest BCUT2D eigenvalue weighted by Gasteiger charge is 2.08. The molecule has 2 aromatic heterocycles. The van der Waals surface area contributed by atoms with E-state index in [0.29, 0.717) is 11.4 Å². The van der Waals surface area contributed by atoms with Crippen LogP contribution < -0.4 is 5.32 Å². The van der Waals surface area contributed by atoms with Gasteiger partial charge in [-0.1, -0.05) is 23.2 Å². The fraction of sp³-hybridized carbons (Fsp3) is 0.0909. The third-order valence-electron chi connectivity index (χ3n) is 2.05. The summed E-state index contributed by atoms with van der Waals surface area (Å²) in [7, 11) is 0. The molecule has 5 nitrogen and oxygen atoms in total. The second-order valence-corrected chi connectivity index (χ2v) is 4.12. The Kier molecular flexibility index (Phi) is 4.07. The van der Waals surface area contributed by atoms with Gasteiger partial charge in [-0.3, -0.25) is 4.79 Å². The molecule has 0 aromatic carbocycles. The normalized spacial score (nSPS) is 10.1. The molecule has 0 aliphatic carbocycles. The number of amides is 1. The van der Waals surface area contributed by atoms with Crippen molar-refractivity contribution in [2.75, 3.05) is 0 Å². The zero-order valence-corrected chi connectivity index (χ0v) is 10.6. The van der Waals surface area contributed by atoms with Crippen molar-refractivity contribution < 1.29 is 4.79 Å². The van der Waals surface area contributed by atoms with E-state index in [-0.39, 0.29) is 22.8 Å². The molecular formula is C11H8Cl2N4O. The Morgan fingerprint density at radius 2 is 1.78 bits per heavy atom. The highest BCUT2D eigenvalue weighted by molar-refractivity contribution is 6.33. The summed E-state index contributed by atoms with van der Waals surface area (Å²) in [5.74, 6) is 0.214. The summed E-state index contributed by atoms with van der Waals surface area (Å²) in [5.41, 5.74) is 0.343. The molecule has 0 fully saturated rings. The summed E-state index contributed by atoms with van der Waals surface area (Å²) in [5, 5.41) is 3.00. The maximum Gasteiger partial charge on any atom is 0.251 e. The van der Waals surface area contributed by atoms with Crippen molar-refractivity contribution in [1.29, 1.82) is 0 Å². The first-order valence-electron chi connectivity index (χ1n) is 5.02. The van der Waals surface area contributed by atoms with E-state index in [1.807, 2.05) is 0 Å². The minimum atomic E-state index is -0.311. The zero-order valence-electron chi connectivity index (χ0n) is 9.10. The molecule has 0 unspecified atom stereocenters. The second kappa shape index (κ2) is 5.75. The average Bonchev–Trinajstić information content (AvgIpc) is 2.36. The van der Waals surface area contributed by atoms with Crippen molar-refractivity contribution in [1.82, 2.24) is 20.3 Å². The van der Waals surface area contributed by atoms with E-state index in [4.69, 9.17) is 23.2 Å². The van der Waals surface area contributed by atoms with E-state index >= 15 is 0 Å². The van der Waals surface area contributed by atoms with Gasteiger partial charge in [0, 0.05) is 18.0 Å². The van der Waals surface area contributed by atoms with E-state index < -0.39 is 0 Å². The van der Waals surface area contributed by atoms with Gasteiger partial charge in [-0.15, -0.1) is 0 Å². The predicted molar refractivity (Wildman–Crippen MR) is 67.5 cm³/mol. The molecule has 92 valence electrons. The molecule has 18 heavy (non-hydrogen) atoms. The van der Waals surface area contributed by atoms with E-state index in [9.17, 15) is 4.79 Å². The lowest BCUT2D eigenvalue weighted by atomic mass is 10.2. The predicted octanol–water partition coefficient (Wildman–Crippen LogP) is 2.11. The van der Waals surface area contributed by atoms with Crippen LogP contribution in [0.5, 0.6) is 0 Å². The van der Waals surface area contributed by atoms with E-state index in [2.05, 4.69) is 20.3 Å². The topological polar surface area (TPSA) is 67.8 Å². The summed E-state index contributed by atoms with van der Waals surface area (Å²) in [6.45, 7) is 0.233. The summed E-state index contributed by atoms with van der Waals surface area (Å²) in [6, 6.07) is 4.58. The number of hydrogen-bond acceptors (Lipinski definition) is 4. The molecule has 0 saturated carbocycles. The fourth-order valence-electron chi connectivity index (χ4n) is 1.28. The Morgan fingerprint density at radius 3 is 2.39 bits per heavy atom. The number of carbonyl (C=O) groups excluding carboxylic acids is 1. The number of nitrogens with zero attached hydrogens (tertiary/aromatic N) is 3. The molecule has 2 aromatic rings. The van der Waals surface area contributed by atoms with E-state index in [0.717, 1.165) is 0 Å². The molecule has 0 saturated heterocycles. The van der Waals surface area contributed by atoms with Crippen molar-refractivity contribution in [2.45, 2.75) is 6.54 Å². The Morgan fingerprint density at radius 1 is 1.17 bits per heavy atom. The van der Waals surface area contributed by atoms with Crippen molar-refractivity contribution in [2.24, 2.45) is 0 Å². The molecule has 0 aliphatic rings. The number of aromatic nitrogens is 3. The molecule has 1 N–H and O–H groups in total. The number of hydrogen-bond donors (Lipinski definition) is 1. The summed E-state index contributed by atoms with van der Waals surface area (Å²) >= 11 is 11.4. The minimum Gasteiger partial charge on any atom is -0.345 e. The molecule has 2 rings (SSSR count). The van der Waals surface area contributed by atoms with Gasteiger partial charge in [-0.2, -0.15) is 0 Å². The largest absolute Gasteiger partial charge is 0.345 e. The Balaban J connectivity index is 2.04. The van der Waals surface area contributed by atoms with Gasteiger partial charge in [0.2, 0.25) is 0 Å². The van der Waals surface area contributed by atoms with Crippen molar-refractivity contribution in [3.63, 3.8) is 0 Å². The Hall–Kier alpha value is -1.72. The van der Waals surface area contributed by atoms with Gasteiger partial charge in [-0.25, -0.2) is 15.0 Å². The van der Waals surface area contributed by atoms with Crippen LogP contribution in [0.25, 0.3) is 0 Å². The van der Waals surface area contributed by atoms with Gasteiger partial charge in [0.1, 0.15) is 16.1 Å². The summed E-state index contributed by atoms with van der Waals surface area (Å²) < 4.78 is 0. The molecule has 0 atom stereocenters. The van der Waals surface area contributed by atoms with Crippen LogP contribution in [0, 0.1) is 0 Å². The van der Waals surface area contributed by atoms with Crippen LogP contribution in [0.15, 0.2) is 30.6 Å². The third-order valence-corrected chi connectivity index (χ3v) is 2.44. The highest BCUT2D eigenvalue weighted by atomic mass is 35.5. The van der Waals surface area contributed by atoms with Crippen LogP contribution in [0.1, 0.15) is 16.2 Å². The van der Waals surface area contributed by atoms with Gasteiger partial charge in [-0.05, 0) is 18.2 Å². The second-order valence-electron chi connectivity index (χ2n) is 3.35. The minimum absolute atomic E-state index is 0.170. The smallest absolute Gasteiger partial charge is 0.251 e. The summed E-state index contributed by atoms with van der Waals surface area (Å²) in [6.07, 6.45) is 3.21. The SMILES string of the molecule is O=C(NCc1ncccn1)c1cc(Cl)nc(Cl)c1. The lowest BCUT2D eigenvalue weighted by Crippen LogP contribution is -2.23. The van der Waals surface area contributed by atoms with Crippen LogP contribution in [0.4, 0.5) is 0 Å². The van der Waals surface area contributed by atoms with Crippen molar-refractivity contribution in [3.05, 3.63) is 52.3 Å². The average molecular weight is 283 g/mol. The quantitative estimate of drug-likeness (QED) is 0.876. The van der Waals surface area contributed by atoms with Gasteiger partial charge in [0.05, 0.1) is 6.54 Å². The molecule has 7 heteroatoms. The van der Waals surface area contributed by atoms with E-state index in [1.165, 1.54) is 12.1 Å². The molecule has 0 bridgehead atoms. The standard InChI is InChI=1S/C11H8Cl2N4O/c12-8-4-7(5-9(13)17-8)11(18)16-6-10-14-2-1-3-15-10/h1-5H,6H2,(H,16,18). The Bertz CT molecular complexity index is 542. The first kappa shape index (κ1) is 12.7. The Labute approximate surface area is 113 Å². The number of halogens is 2. The highest BCUT2D eigenvalue weighted by Crippen LogP contribution is 2.14. The fourth-order valence-corrected chi connectivity index (χ4v) is 1.74. The lowest BCUT2D eigenvalue weighted by molar-refractivity contribution is 0.0949. The molecule has 1 amide bonds. The first-order valence-corrected chi connectivity index (χ1v) is 5.78. The monoisotopic (exact) mass is 282 g/mol. The summed E-state index contributed by atoms with van der Waals surface area (Å²) in [4.78, 5) is 23.6. The van der Waals surface area contributed by atoms with Crippen molar-refractivity contribution >= 4 is 29.1 Å². The van der Waals surface area contributed by atoms with Crippen LogP contribution in [0.3, 0.4) is 0 Å². The van der Waals surface area contributed by atoms with Gasteiger partial charge < -0.3 is 5.32 Å². The molecule has 0 spiro atoms. The maximum absolute atomic E-state index is 11.8. The number of carbonyl (C=O) groups is 1.